The quantitative estimate of drug-likeness (QED) is 0.784. The van der Waals surface area contributed by atoms with E-state index in [9.17, 15) is 13.5 Å². The molecule has 0 aliphatic heterocycles. The minimum atomic E-state index is -3.82. The first-order valence-corrected chi connectivity index (χ1v) is 10.1. The summed E-state index contributed by atoms with van der Waals surface area (Å²) < 4.78 is 29.0. The highest BCUT2D eigenvalue weighted by atomic mass is 32.2. The number of sulfonamides is 1. The number of thiophene rings is 1. The molecule has 1 aromatic heterocycles. The van der Waals surface area contributed by atoms with Crippen LogP contribution in [-0.2, 0) is 10.0 Å². The Morgan fingerprint density at radius 2 is 1.88 bits per heavy atom. The summed E-state index contributed by atoms with van der Waals surface area (Å²) in [7, 11) is -2.24. The molecule has 0 spiro atoms. The van der Waals surface area contributed by atoms with Gasteiger partial charge in [0.15, 0.2) is 0 Å². The largest absolute Gasteiger partial charge is 0.497 e. The molecule has 1 heterocycles. The molecule has 3 atom stereocenters. The van der Waals surface area contributed by atoms with Crippen molar-refractivity contribution in [3.05, 3.63) is 46.8 Å². The van der Waals surface area contributed by atoms with Crippen molar-refractivity contribution in [1.29, 1.82) is 0 Å². The Labute approximate surface area is 147 Å². The van der Waals surface area contributed by atoms with Gasteiger partial charge in [-0.25, -0.2) is 13.6 Å². The average Bonchev–Trinajstić information content (AvgIpc) is 3.04. The Morgan fingerprint density at radius 1 is 1.25 bits per heavy atom. The van der Waals surface area contributed by atoms with E-state index >= 15 is 0 Å². The topological polar surface area (TPSA) is 89.6 Å². The van der Waals surface area contributed by atoms with E-state index in [0.717, 1.165) is 17.8 Å². The van der Waals surface area contributed by atoms with Crippen molar-refractivity contribution < 1.29 is 18.3 Å². The molecule has 0 aliphatic rings. The summed E-state index contributed by atoms with van der Waals surface area (Å²) in [5.74, 6) is 0.423. The molecule has 0 aliphatic carbocycles. The maximum atomic E-state index is 11.9. The molecule has 0 fully saturated rings. The first-order chi connectivity index (χ1) is 11.3. The molecule has 0 saturated carbocycles. The van der Waals surface area contributed by atoms with E-state index in [2.05, 4.69) is 0 Å². The number of methoxy groups -OCH3 is 1. The highest BCUT2D eigenvalue weighted by Gasteiger charge is 2.32. The SMILES string of the molecule is CC[C@H](C)[C@@H](c1ccsc1S(N)(=O)=O)C(O)c1ccc(OC)cc1. The minimum absolute atomic E-state index is 0.0807. The number of hydrogen-bond donors (Lipinski definition) is 2. The van der Waals surface area contributed by atoms with Gasteiger partial charge in [0.25, 0.3) is 0 Å². The van der Waals surface area contributed by atoms with Crippen LogP contribution in [0.5, 0.6) is 5.75 Å². The van der Waals surface area contributed by atoms with Crippen LogP contribution in [0.3, 0.4) is 0 Å². The lowest BCUT2D eigenvalue weighted by molar-refractivity contribution is 0.117. The standard InChI is InChI=1S/C17H23NO4S2/c1-4-11(2)15(14-9-10-23-17(14)24(18,20)21)16(19)12-5-7-13(22-3)8-6-12/h5-11,15-16,19H,4H2,1-3H3,(H2,18,20,21)/t11-,15-,16?/m0/s1. The van der Waals surface area contributed by atoms with Crippen LogP contribution in [-0.4, -0.2) is 20.6 Å². The van der Waals surface area contributed by atoms with Gasteiger partial charge in [0, 0.05) is 5.92 Å². The second-order valence-corrected chi connectivity index (χ2v) is 8.51. The van der Waals surface area contributed by atoms with Gasteiger partial charge < -0.3 is 9.84 Å². The molecule has 0 bridgehead atoms. The summed E-state index contributed by atoms with van der Waals surface area (Å²) in [6.07, 6.45) is -0.0291. The van der Waals surface area contributed by atoms with E-state index in [0.29, 0.717) is 16.9 Å². The predicted molar refractivity (Wildman–Crippen MR) is 95.8 cm³/mol. The molecular formula is C17H23NO4S2. The molecule has 2 rings (SSSR count). The maximum Gasteiger partial charge on any atom is 0.247 e. The fraction of sp³-hybridized carbons (Fsp3) is 0.412. The van der Waals surface area contributed by atoms with Crippen molar-refractivity contribution in [1.82, 2.24) is 0 Å². The van der Waals surface area contributed by atoms with E-state index in [-0.39, 0.29) is 16.0 Å². The predicted octanol–water partition coefficient (Wildman–Crippen LogP) is 3.27. The molecule has 1 unspecified atom stereocenters. The number of hydrogen-bond acceptors (Lipinski definition) is 5. The molecular weight excluding hydrogens is 346 g/mol. The zero-order valence-corrected chi connectivity index (χ0v) is 15.6. The second-order valence-electron chi connectivity index (χ2n) is 5.84. The summed E-state index contributed by atoms with van der Waals surface area (Å²) in [5, 5.41) is 18.0. The number of ether oxygens (including phenoxy) is 1. The first-order valence-electron chi connectivity index (χ1n) is 7.71. The Bertz CT molecular complexity index is 768. The Hall–Kier alpha value is -1.41. The molecule has 1 aromatic carbocycles. The van der Waals surface area contributed by atoms with E-state index in [4.69, 9.17) is 9.88 Å². The zero-order valence-electron chi connectivity index (χ0n) is 14.0. The van der Waals surface area contributed by atoms with Gasteiger partial charge in [-0.05, 0) is 40.6 Å². The van der Waals surface area contributed by atoms with Gasteiger partial charge in [0.05, 0.1) is 13.2 Å². The van der Waals surface area contributed by atoms with Gasteiger partial charge in [-0.1, -0.05) is 32.4 Å². The molecule has 0 radical (unpaired) electrons. The lowest BCUT2D eigenvalue weighted by Gasteiger charge is -2.29. The molecule has 5 nitrogen and oxygen atoms in total. The molecule has 2 aromatic rings. The zero-order chi connectivity index (χ0) is 17.9. The number of nitrogens with two attached hydrogens (primary N) is 1. The minimum Gasteiger partial charge on any atom is -0.497 e. The van der Waals surface area contributed by atoms with Crippen LogP contribution >= 0.6 is 11.3 Å². The third kappa shape index (κ3) is 3.97. The highest BCUT2D eigenvalue weighted by molar-refractivity contribution is 7.91. The normalized spacial score (nSPS) is 15.7. The van der Waals surface area contributed by atoms with Crippen LogP contribution in [0.4, 0.5) is 0 Å². The van der Waals surface area contributed by atoms with Crippen molar-refractivity contribution in [2.45, 2.75) is 36.5 Å². The summed E-state index contributed by atoms with van der Waals surface area (Å²) in [4.78, 5) is 0. The third-order valence-corrected chi connectivity index (χ3v) is 6.79. The summed E-state index contributed by atoms with van der Waals surface area (Å²) in [6, 6.07) is 8.89. The van der Waals surface area contributed by atoms with Gasteiger partial charge in [-0.2, -0.15) is 0 Å². The van der Waals surface area contributed by atoms with Crippen molar-refractivity contribution in [2.24, 2.45) is 11.1 Å². The van der Waals surface area contributed by atoms with Crippen LogP contribution in [0.25, 0.3) is 0 Å². The third-order valence-electron chi connectivity index (χ3n) is 4.33. The van der Waals surface area contributed by atoms with E-state index in [1.54, 1.807) is 42.8 Å². The van der Waals surface area contributed by atoms with Gasteiger partial charge in [-0.15, -0.1) is 11.3 Å². The molecule has 3 N–H and O–H groups in total. The van der Waals surface area contributed by atoms with Crippen molar-refractivity contribution >= 4 is 21.4 Å². The van der Waals surface area contributed by atoms with Crippen molar-refractivity contribution in [3.8, 4) is 5.75 Å². The van der Waals surface area contributed by atoms with Gasteiger partial charge in [-0.3, -0.25) is 0 Å². The Kier molecular flexibility index (Phi) is 6.03. The van der Waals surface area contributed by atoms with E-state index in [1.165, 1.54) is 0 Å². The lowest BCUT2D eigenvalue weighted by Crippen LogP contribution is -2.21. The number of benzene rings is 1. The smallest absolute Gasteiger partial charge is 0.247 e. The van der Waals surface area contributed by atoms with Gasteiger partial charge in [0.1, 0.15) is 9.96 Å². The Balaban J connectivity index is 2.47. The summed E-state index contributed by atoms with van der Waals surface area (Å²) in [5.41, 5.74) is 1.30. The maximum absolute atomic E-state index is 11.9. The summed E-state index contributed by atoms with van der Waals surface area (Å²) in [6.45, 7) is 4.02. The van der Waals surface area contributed by atoms with E-state index in [1.807, 2.05) is 13.8 Å². The lowest BCUT2D eigenvalue weighted by atomic mass is 9.80. The molecule has 24 heavy (non-hydrogen) atoms. The first kappa shape index (κ1) is 18.9. The molecule has 132 valence electrons. The molecule has 7 heteroatoms. The van der Waals surface area contributed by atoms with Crippen molar-refractivity contribution in [3.63, 3.8) is 0 Å². The number of aliphatic hydroxyl groups excluding tert-OH is 1. The number of primary sulfonamides is 1. The van der Waals surface area contributed by atoms with E-state index < -0.39 is 16.1 Å². The monoisotopic (exact) mass is 369 g/mol. The van der Waals surface area contributed by atoms with Crippen molar-refractivity contribution in [2.75, 3.05) is 7.11 Å². The van der Waals surface area contributed by atoms with Crippen LogP contribution < -0.4 is 9.88 Å². The summed E-state index contributed by atoms with van der Waals surface area (Å²) >= 11 is 1.09. The number of aliphatic hydroxyl groups is 1. The number of rotatable bonds is 7. The molecule has 0 saturated heterocycles. The van der Waals surface area contributed by atoms with Crippen LogP contribution in [0.15, 0.2) is 39.9 Å². The average molecular weight is 370 g/mol. The van der Waals surface area contributed by atoms with Gasteiger partial charge in [0.2, 0.25) is 10.0 Å². The fourth-order valence-corrected chi connectivity index (χ4v) is 4.75. The van der Waals surface area contributed by atoms with Crippen LogP contribution in [0, 0.1) is 5.92 Å². The van der Waals surface area contributed by atoms with Crippen LogP contribution in [0.1, 0.15) is 43.4 Å². The molecule has 0 amide bonds. The van der Waals surface area contributed by atoms with Gasteiger partial charge >= 0.3 is 0 Å². The Morgan fingerprint density at radius 3 is 2.38 bits per heavy atom. The second kappa shape index (κ2) is 7.65. The van der Waals surface area contributed by atoms with Crippen LogP contribution in [0.2, 0.25) is 0 Å². The fourth-order valence-electron chi connectivity index (χ4n) is 2.83. The highest BCUT2D eigenvalue weighted by Crippen LogP contribution is 2.42.